The monoisotopic (exact) mass is 522 g/mol. The van der Waals surface area contributed by atoms with Crippen LogP contribution in [0.2, 0.25) is 0 Å². The van der Waals surface area contributed by atoms with Crippen molar-refractivity contribution < 1.29 is 4.74 Å². The third-order valence-corrected chi connectivity index (χ3v) is 7.00. The van der Waals surface area contributed by atoms with Gasteiger partial charge in [0.1, 0.15) is 5.75 Å². The van der Waals surface area contributed by atoms with E-state index < -0.39 is 0 Å². The largest absolute Gasteiger partial charge is 0.491 e. The fourth-order valence-electron chi connectivity index (χ4n) is 3.83. The third-order valence-electron chi connectivity index (χ3n) is 6.37. The number of halogens is 1. The highest BCUT2D eigenvalue weighted by Crippen LogP contribution is 2.39. The van der Waals surface area contributed by atoms with E-state index in [9.17, 15) is 0 Å². The molecule has 182 valence electrons. The van der Waals surface area contributed by atoms with E-state index in [2.05, 4.69) is 123 Å². The Kier molecular flexibility index (Phi) is 8.83. The van der Waals surface area contributed by atoms with Crippen LogP contribution >= 0.6 is 15.9 Å². The smallest absolute Gasteiger partial charge is 0.141 e. The van der Waals surface area contributed by atoms with Gasteiger partial charge in [-0.25, -0.2) is 0 Å². The summed E-state index contributed by atoms with van der Waals surface area (Å²) in [6, 6.07) is 10.9. The molecule has 0 saturated carbocycles. The van der Waals surface area contributed by atoms with Gasteiger partial charge in [0.2, 0.25) is 0 Å². The molecule has 4 heteroatoms. The van der Waals surface area contributed by atoms with Crippen LogP contribution in [-0.2, 0) is 0 Å². The highest BCUT2D eigenvalue weighted by atomic mass is 79.9. The van der Waals surface area contributed by atoms with Gasteiger partial charge in [-0.1, -0.05) is 71.4 Å². The zero-order chi connectivity index (χ0) is 24.9. The summed E-state index contributed by atoms with van der Waals surface area (Å²) in [5.74, 6) is 1.29. The fourth-order valence-corrected chi connectivity index (χ4v) is 4.29. The van der Waals surface area contributed by atoms with Crippen molar-refractivity contribution in [1.29, 1.82) is 0 Å². The first-order valence-electron chi connectivity index (χ1n) is 12.3. The Bertz CT molecular complexity index is 1140. The normalized spacial score (nSPS) is 16.0. The molecular formula is C30H39BrN2O. The lowest BCUT2D eigenvalue weighted by Crippen LogP contribution is -2.30. The minimum Gasteiger partial charge on any atom is -0.491 e. The number of hydrogen-bond acceptors (Lipinski definition) is 3. The summed E-state index contributed by atoms with van der Waals surface area (Å²) in [6.45, 7) is 14.4. The molecule has 0 aliphatic carbocycles. The Morgan fingerprint density at radius 1 is 1.18 bits per heavy atom. The van der Waals surface area contributed by atoms with Crippen molar-refractivity contribution in [2.24, 2.45) is 17.1 Å². The Hall–Kier alpha value is -2.30. The summed E-state index contributed by atoms with van der Waals surface area (Å²) in [7, 11) is 0. The first-order valence-corrected chi connectivity index (χ1v) is 13.1. The Labute approximate surface area is 214 Å². The number of unbranched alkanes of at least 4 members (excludes halogenated alkanes) is 1. The second-order valence-corrected chi connectivity index (χ2v) is 11.0. The molecule has 2 aromatic rings. The first kappa shape index (κ1) is 26.3. The Balaban J connectivity index is 2.17. The summed E-state index contributed by atoms with van der Waals surface area (Å²) < 4.78 is 7.33. The van der Waals surface area contributed by atoms with Crippen molar-refractivity contribution in [1.82, 2.24) is 4.90 Å². The van der Waals surface area contributed by atoms with Gasteiger partial charge in [0, 0.05) is 29.2 Å². The number of rotatable bonds is 9. The first-order chi connectivity index (χ1) is 16.2. The molecule has 0 radical (unpaired) electrons. The third kappa shape index (κ3) is 6.03. The number of fused-ring (bicyclic) bond motifs is 1. The minimum absolute atomic E-state index is 0.0948. The molecule has 3 nitrogen and oxygen atoms in total. The molecule has 34 heavy (non-hydrogen) atoms. The molecule has 2 aromatic carbocycles. The molecule has 0 spiro atoms. The number of ether oxygens (including phenoxy) is 1. The number of hydrogen-bond donors (Lipinski definition) is 1. The van der Waals surface area contributed by atoms with E-state index in [0.29, 0.717) is 19.1 Å². The van der Waals surface area contributed by atoms with E-state index in [1.165, 1.54) is 22.5 Å². The maximum absolute atomic E-state index is 6.38. The summed E-state index contributed by atoms with van der Waals surface area (Å²) in [5.41, 5.74) is 10.8. The van der Waals surface area contributed by atoms with Crippen LogP contribution < -0.4 is 10.5 Å². The molecule has 0 fully saturated rings. The van der Waals surface area contributed by atoms with E-state index in [1.807, 2.05) is 0 Å². The summed E-state index contributed by atoms with van der Waals surface area (Å²) in [5, 5.41) is 2.26. The van der Waals surface area contributed by atoms with Gasteiger partial charge in [0.25, 0.3) is 0 Å². The van der Waals surface area contributed by atoms with Crippen molar-refractivity contribution in [3.8, 4) is 5.75 Å². The fraction of sp³-hybridized carbons (Fsp3) is 0.400. The Morgan fingerprint density at radius 2 is 1.91 bits per heavy atom. The van der Waals surface area contributed by atoms with E-state index in [1.54, 1.807) is 0 Å². The molecule has 0 saturated heterocycles. The van der Waals surface area contributed by atoms with Crippen molar-refractivity contribution in [3.63, 3.8) is 0 Å². The number of nitrogens with two attached hydrogens (primary N) is 1. The van der Waals surface area contributed by atoms with E-state index in [4.69, 9.17) is 10.5 Å². The van der Waals surface area contributed by atoms with Crippen LogP contribution in [0.4, 0.5) is 0 Å². The molecule has 0 bridgehead atoms. The summed E-state index contributed by atoms with van der Waals surface area (Å²) >= 11 is 3.73. The second kappa shape index (κ2) is 11.4. The molecule has 2 N–H and O–H groups in total. The second-order valence-electron chi connectivity index (χ2n) is 10.1. The molecule has 0 aromatic heterocycles. The molecule has 0 atom stereocenters. The van der Waals surface area contributed by atoms with Gasteiger partial charge in [-0.3, -0.25) is 0 Å². The van der Waals surface area contributed by atoms with Crippen molar-refractivity contribution in [2.75, 3.05) is 13.2 Å². The van der Waals surface area contributed by atoms with Crippen LogP contribution in [0, 0.1) is 11.3 Å². The lowest BCUT2D eigenvalue weighted by Gasteiger charge is -2.30. The van der Waals surface area contributed by atoms with Crippen LogP contribution in [0.5, 0.6) is 5.75 Å². The molecular weight excluding hydrogens is 484 g/mol. The highest BCUT2D eigenvalue weighted by molar-refractivity contribution is 9.10. The standard InChI is InChI=1S/C30H39BrN2O/c1-7-8-11-25-12-9-10-17-33(25)28(22(4)21(2)3)24-14-13-23-15-16-27(31)29(26(23)18-24)34-20-30(5,6)19-32/h9-18,21H,7-8,19-20,32H2,1-6H3. The predicted octanol–water partition coefficient (Wildman–Crippen LogP) is 8.42. The average Bonchev–Trinajstić information content (AvgIpc) is 2.82. The van der Waals surface area contributed by atoms with Crippen LogP contribution in [0.3, 0.4) is 0 Å². The molecule has 1 aliphatic heterocycles. The zero-order valence-electron chi connectivity index (χ0n) is 21.5. The lowest BCUT2D eigenvalue weighted by molar-refractivity contribution is 0.188. The SMILES string of the molecule is CCCC=C1C=CC=CN1C(=C(C)C(C)C)c1ccc2ccc(Br)c(OCC(C)(C)CN)c2c1. The van der Waals surface area contributed by atoms with Crippen molar-refractivity contribution >= 4 is 32.4 Å². The van der Waals surface area contributed by atoms with Crippen LogP contribution in [-0.4, -0.2) is 18.1 Å². The lowest BCUT2D eigenvalue weighted by atomic mass is 9.94. The maximum atomic E-state index is 6.38. The highest BCUT2D eigenvalue weighted by Gasteiger charge is 2.21. The van der Waals surface area contributed by atoms with Crippen LogP contribution in [0.15, 0.2) is 76.6 Å². The van der Waals surface area contributed by atoms with Crippen molar-refractivity contribution in [2.45, 2.75) is 54.4 Å². The molecule has 3 rings (SSSR count). The van der Waals surface area contributed by atoms with Gasteiger partial charge in [0.05, 0.1) is 16.8 Å². The van der Waals surface area contributed by atoms with Gasteiger partial charge in [-0.05, 0) is 76.0 Å². The molecule has 0 unspecified atom stereocenters. The van der Waals surface area contributed by atoms with Gasteiger partial charge in [-0.2, -0.15) is 0 Å². The van der Waals surface area contributed by atoms with Gasteiger partial charge >= 0.3 is 0 Å². The zero-order valence-corrected chi connectivity index (χ0v) is 23.1. The average molecular weight is 524 g/mol. The van der Waals surface area contributed by atoms with Crippen LogP contribution in [0.1, 0.15) is 59.9 Å². The molecule has 1 aliphatic rings. The number of benzene rings is 2. The van der Waals surface area contributed by atoms with Gasteiger partial charge in [-0.15, -0.1) is 0 Å². The maximum Gasteiger partial charge on any atom is 0.141 e. The predicted molar refractivity (Wildman–Crippen MR) is 151 cm³/mol. The summed E-state index contributed by atoms with van der Waals surface area (Å²) in [4.78, 5) is 2.34. The van der Waals surface area contributed by atoms with E-state index in [0.717, 1.165) is 33.8 Å². The number of allylic oxidation sites excluding steroid dienone is 5. The molecule has 0 amide bonds. The van der Waals surface area contributed by atoms with Gasteiger partial charge in [0.15, 0.2) is 0 Å². The minimum atomic E-state index is -0.0948. The topological polar surface area (TPSA) is 38.5 Å². The quantitative estimate of drug-likeness (QED) is 0.359. The Morgan fingerprint density at radius 3 is 2.59 bits per heavy atom. The summed E-state index contributed by atoms with van der Waals surface area (Å²) in [6.07, 6.45) is 13.1. The van der Waals surface area contributed by atoms with E-state index >= 15 is 0 Å². The van der Waals surface area contributed by atoms with Crippen molar-refractivity contribution in [3.05, 3.63) is 82.1 Å². The van der Waals surface area contributed by atoms with E-state index in [-0.39, 0.29) is 5.41 Å². The molecule has 1 heterocycles. The number of nitrogens with zero attached hydrogens (tertiary/aromatic N) is 1. The van der Waals surface area contributed by atoms with Crippen LogP contribution in [0.25, 0.3) is 16.5 Å². The van der Waals surface area contributed by atoms with Gasteiger partial charge < -0.3 is 15.4 Å².